The SMILES string of the molecule is CCc1cc(O)cc(C)c1OCCCCC(=O)Nc1ccc(C(F)(F)F)cc1. The maximum Gasteiger partial charge on any atom is 0.416 e. The minimum absolute atomic E-state index is 0.210. The summed E-state index contributed by atoms with van der Waals surface area (Å²) in [6.07, 6.45) is -2.16. The highest BCUT2D eigenvalue weighted by Gasteiger charge is 2.29. The molecule has 2 aromatic rings. The third kappa shape index (κ3) is 6.18. The summed E-state index contributed by atoms with van der Waals surface area (Å²) in [5.41, 5.74) is 1.37. The number of rotatable bonds is 8. The monoisotopic (exact) mass is 395 g/mol. The Labute approximate surface area is 162 Å². The zero-order valence-electron chi connectivity index (χ0n) is 15.9. The van der Waals surface area contributed by atoms with Crippen LogP contribution in [-0.2, 0) is 17.4 Å². The van der Waals surface area contributed by atoms with Gasteiger partial charge in [0.05, 0.1) is 12.2 Å². The van der Waals surface area contributed by atoms with Gasteiger partial charge in [-0.2, -0.15) is 13.2 Å². The molecule has 0 heterocycles. The highest BCUT2D eigenvalue weighted by Crippen LogP contribution is 2.30. The lowest BCUT2D eigenvalue weighted by atomic mass is 10.1. The molecule has 0 saturated heterocycles. The van der Waals surface area contributed by atoms with Crippen LogP contribution >= 0.6 is 0 Å². The van der Waals surface area contributed by atoms with Gasteiger partial charge in [-0.05, 0) is 73.7 Å². The van der Waals surface area contributed by atoms with Crippen LogP contribution in [0.1, 0.15) is 42.9 Å². The number of nitrogens with one attached hydrogen (secondary N) is 1. The molecule has 152 valence electrons. The Hall–Kier alpha value is -2.70. The maximum atomic E-state index is 12.5. The van der Waals surface area contributed by atoms with Crippen molar-refractivity contribution in [3.63, 3.8) is 0 Å². The topological polar surface area (TPSA) is 58.6 Å². The number of anilines is 1. The van der Waals surface area contributed by atoms with Crippen LogP contribution in [0, 0.1) is 6.92 Å². The maximum absolute atomic E-state index is 12.5. The lowest BCUT2D eigenvalue weighted by molar-refractivity contribution is -0.137. The van der Waals surface area contributed by atoms with E-state index >= 15 is 0 Å². The van der Waals surface area contributed by atoms with Gasteiger partial charge in [0.15, 0.2) is 0 Å². The normalized spacial score (nSPS) is 11.3. The van der Waals surface area contributed by atoms with Gasteiger partial charge in [-0.1, -0.05) is 6.92 Å². The average molecular weight is 395 g/mol. The van der Waals surface area contributed by atoms with E-state index in [0.29, 0.717) is 25.1 Å². The van der Waals surface area contributed by atoms with E-state index in [9.17, 15) is 23.1 Å². The van der Waals surface area contributed by atoms with Crippen molar-refractivity contribution >= 4 is 11.6 Å². The number of hydrogen-bond donors (Lipinski definition) is 2. The van der Waals surface area contributed by atoms with Gasteiger partial charge in [0.1, 0.15) is 11.5 Å². The number of ether oxygens (including phenoxy) is 1. The van der Waals surface area contributed by atoms with Crippen LogP contribution in [0.3, 0.4) is 0 Å². The Morgan fingerprint density at radius 3 is 2.43 bits per heavy atom. The Morgan fingerprint density at radius 2 is 1.82 bits per heavy atom. The van der Waals surface area contributed by atoms with Crippen LogP contribution in [0.5, 0.6) is 11.5 Å². The smallest absolute Gasteiger partial charge is 0.416 e. The second kappa shape index (κ2) is 9.48. The van der Waals surface area contributed by atoms with Crippen molar-refractivity contribution in [1.29, 1.82) is 0 Å². The molecule has 0 radical (unpaired) electrons. The zero-order chi connectivity index (χ0) is 20.7. The van der Waals surface area contributed by atoms with Crippen molar-refractivity contribution < 1.29 is 27.8 Å². The zero-order valence-corrected chi connectivity index (χ0v) is 15.9. The number of amides is 1. The van der Waals surface area contributed by atoms with E-state index in [4.69, 9.17) is 4.74 Å². The molecule has 2 rings (SSSR count). The fourth-order valence-electron chi connectivity index (χ4n) is 2.82. The standard InChI is InChI=1S/C21H24F3NO3/c1-3-15-13-18(26)12-14(2)20(15)28-11-5-4-6-19(27)25-17-9-7-16(8-10-17)21(22,23)24/h7-10,12-13,26H,3-6,11H2,1-2H3,(H,25,27). The first-order valence-electron chi connectivity index (χ1n) is 9.13. The number of benzene rings is 2. The molecule has 0 aliphatic carbocycles. The largest absolute Gasteiger partial charge is 0.508 e. The molecular weight excluding hydrogens is 371 g/mol. The molecule has 0 unspecified atom stereocenters. The molecule has 0 fully saturated rings. The van der Waals surface area contributed by atoms with Gasteiger partial charge in [0.2, 0.25) is 5.91 Å². The number of halogens is 3. The van der Waals surface area contributed by atoms with Crippen LogP contribution < -0.4 is 10.1 Å². The average Bonchev–Trinajstić information content (AvgIpc) is 2.62. The van der Waals surface area contributed by atoms with Crippen molar-refractivity contribution in [2.75, 3.05) is 11.9 Å². The lowest BCUT2D eigenvalue weighted by Gasteiger charge is -2.14. The molecule has 2 aromatic carbocycles. The molecule has 28 heavy (non-hydrogen) atoms. The molecule has 4 nitrogen and oxygen atoms in total. The Kier molecular flexibility index (Phi) is 7.31. The van der Waals surface area contributed by atoms with Crippen molar-refractivity contribution in [3.8, 4) is 11.5 Å². The van der Waals surface area contributed by atoms with E-state index < -0.39 is 11.7 Å². The summed E-state index contributed by atoms with van der Waals surface area (Å²) >= 11 is 0. The number of carbonyl (C=O) groups is 1. The molecule has 0 spiro atoms. The first-order valence-corrected chi connectivity index (χ1v) is 9.13. The number of alkyl halides is 3. The van der Waals surface area contributed by atoms with Crippen LogP contribution in [0.4, 0.5) is 18.9 Å². The van der Waals surface area contributed by atoms with Crippen molar-refractivity contribution in [1.82, 2.24) is 0 Å². The highest BCUT2D eigenvalue weighted by atomic mass is 19.4. The summed E-state index contributed by atoms with van der Waals surface area (Å²) in [7, 11) is 0. The number of carbonyl (C=O) groups excluding carboxylic acids is 1. The first-order chi connectivity index (χ1) is 13.2. The van der Waals surface area contributed by atoms with Gasteiger partial charge in [0, 0.05) is 12.1 Å². The van der Waals surface area contributed by atoms with Gasteiger partial charge in [-0.3, -0.25) is 4.79 Å². The van der Waals surface area contributed by atoms with Crippen LogP contribution in [0.15, 0.2) is 36.4 Å². The highest BCUT2D eigenvalue weighted by molar-refractivity contribution is 5.90. The lowest BCUT2D eigenvalue weighted by Crippen LogP contribution is -2.12. The molecule has 0 aliphatic heterocycles. The van der Waals surface area contributed by atoms with Gasteiger partial charge in [-0.15, -0.1) is 0 Å². The Bertz CT molecular complexity index is 802. The van der Waals surface area contributed by atoms with Gasteiger partial charge < -0.3 is 15.2 Å². The fraction of sp³-hybridized carbons (Fsp3) is 0.381. The minimum atomic E-state index is -4.39. The molecular formula is C21H24F3NO3. The molecule has 7 heteroatoms. The van der Waals surface area contributed by atoms with Gasteiger partial charge >= 0.3 is 6.18 Å². The first kappa shape index (κ1) is 21.6. The quantitative estimate of drug-likeness (QED) is 0.583. The molecule has 2 N–H and O–H groups in total. The molecule has 0 atom stereocenters. The van der Waals surface area contributed by atoms with E-state index in [1.165, 1.54) is 12.1 Å². The summed E-state index contributed by atoms with van der Waals surface area (Å²) in [5, 5.41) is 12.2. The molecule has 0 saturated carbocycles. The predicted molar refractivity (Wildman–Crippen MR) is 102 cm³/mol. The Balaban J connectivity index is 1.75. The second-order valence-electron chi connectivity index (χ2n) is 6.53. The van der Waals surface area contributed by atoms with Crippen LogP contribution in [0.25, 0.3) is 0 Å². The number of hydrogen-bond acceptors (Lipinski definition) is 3. The van der Waals surface area contributed by atoms with Gasteiger partial charge in [0.25, 0.3) is 0 Å². The van der Waals surface area contributed by atoms with E-state index in [0.717, 1.165) is 35.4 Å². The van der Waals surface area contributed by atoms with E-state index in [1.54, 1.807) is 12.1 Å². The van der Waals surface area contributed by atoms with E-state index in [1.807, 2.05) is 13.8 Å². The second-order valence-corrected chi connectivity index (χ2v) is 6.53. The molecule has 0 aromatic heterocycles. The van der Waals surface area contributed by atoms with Crippen molar-refractivity contribution in [2.45, 2.75) is 45.7 Å². The Morgan fingerprint density at radius 1 is 1.14 bits per heavy atom. The third-order valence-corrected chi connectivity index (χ3v) is 4.26. The van der Waals surface area contributed by atoms with Crippen LogP contribution in [-0.4, -0.2) is 17.6 Å². The van der Waals surface area contributed by atoms with Crippen LogP contribution in [0.2, 0.25) is 0 Å². The molecule has 0 aliphatic rings. The number of phenols is 1. The van der Waals surface area contributed by atoms with Gasteiger partial charge in [-0.25, -0.2) is 0 Å². The fourth-order valence-corrected chi connectivity index (χ4v) is 2.82. The molecule has 1 amide bonds. The predicted octanol–water partition coefficient (Wildman–Crippen LogP) is 5.47. The van der Waals surface area contributed by atoms with E-state index in [2.05, 4.69) is 5.32 Å². The van der Waals surface area contributed by atoms with Crippen molar-refractivity contribution in [3.05, 3.63) is 53.1 Å². The minimum Gasteiger partial charge on any atom is -0.508 e. The number of unbranched alkanes of at least 4 members (excludes halogenated alkanes) is 1. The number of phenolic OH excluding ortho intramolecular Hbond substituents is 1. The summed E-state index contributed by atoms with van der Waals surface area (Å²) in [6, 6.07) is 7.68. The summed E-state index contributed by atoms with van der Waals surface area (Å²) in [4.78, 5) is 11.9. The summed E-state index contributed by atoms with van der Waals surface area (Å²) in [6.45, 7) is 4.28. The number of aryl methyl sites for hydroxylation is 2. The number of aromatic hydroxyl groups is 1. The van der Waals surface area contributed by atoms with E-state index in [-0.39, 0.29) is 18.1 Å². The summed E-state index contributed by atoms with van der Waals surface area (Å²) < 4.78 is 43.4. The van der Waals surface area contributed by atoms with Crippen molar-refractivity contribution in [2.24, 2.45) is 0 Å². The summed E-state index contributed by atoms with van der Waals surface area (Å²) in [5.74, 6) is 0.714. The third-order valence-electron chi connectivity index (χ3n) is 4.26. The molecule has 0 bridgehead atoms.